The van der Waals surface area contributed by atoms with Gasteiger partial charge in [0, 0.05) is 5.56 Å². The van der Waals surface area contributed by atoms with Crippen LogP contribution in [0.3, 0.4) is 0 Å². The number of benzene rings is 2. The molecule has 1 unspecified atom stereocenters. The molecule has 0 heterocycles. The lowest BCUT2D eigenvalue weighted by Gasteiger charge is -2.20. The van der Waals surface area contributed by atoms with Crippen LogP contribution in [0.4, 0.5) is 0 Å². The van der Waals surface area contributed by atoms with Crippen LogP contribution in [-0.2, 0) is 10.2 Å². The molecule has 0 bridgehead atoms. The van der Waals surface area contributed by atoms with Crippen molar-refractivity contribution in [1.82, 2.24) is 5.32 Å². The number of nitrogens with one attached hydrogen (secondary N) is 1. The second kappa shape index (κ2) is 8.71. The minimum absolute atomic E-state index is 0.00313. The molecule has 0 radical (unpaired) electrons. The summed E-state index contributed by atoms with van der Waals surface area (Å²) in [7, 11) is 0. The Kier molecular flexibility index (Phi) is 6.61. The van der Waals surface area contributed by atoms with E-state index >= 15 is 0 Å². The number of ether oxygens (including phenoxy) is 1. The quantitative estimate of drug-likeness (QED) is 0.762. The van der Waals surface area contributed by atoms with Crippen LogP contribution in [0.15, 0.2) is 48.5 Å². The maximum Gasteiger partial charge on any atom is 0.305 e. The number of carboxylic acids is 1. The third kappa shape index (κ3) is 5.84. The van der Waals surface area contributed by atoms with Gasteiger partial charge in [-0.05, 0) is 47.7 Å². The fourth-order valence-electron chi connectivity index (χ4n) is 2.75. The highest BCUT2D eigenvalue weighted by atomic mass is 16.5. The number of hydrogen-bond acceptors (Lipinski definition) is 3. The second-order valence-electron chi connectivity index (χ2n) is 7.45. The summed E-state index contributed by atoms with van der Waals surface area (Å²) in [6.07, 6.45) is -0.195. The first kappa shape index (κ1) is 20.5. The van der Waals surface area contributed by atoms with E-state index < -0.39 is 12.0 Å². The van der Waals surface area contributed by atoms with Gasteiger partial charge in [-0.15, -0.1) is 0 Å². The number of carbonyl (C=O) groups excluding carboxylic acids is 1. The number of aliphatic carboxylic acids is 1. The van der Waals surface area contributed by atoms with E-state index in [0.29, 0.717) is 17.9 Å². The fraction of sp³-hybridized carbons (Fsp3) is 0.364. The van der Waals surface area contributed by atoms with Gasteiger partial charge in [-0.25, -0.2) is 0 Å². The largest absolute Gasteiger partial charge is 0.494 e. The van der Waals surface area contributed by atoms with Crippen LogP contribution >= 0.6 is 0 Å². The zero-order chi connectivity index (χ0) is 20.0. The van der Waals surface area contributed by atoms with Gasteiger partial charge in [0.2, 0.25) is 0 Å². The van der Waals surface area contributed by atoms with E-state index in [-0.39, 0.29) is 17.7 Å². The molecule has 0 aliphatic rings. The molecule has 2 rings (SSSR count). The summed E-state index contributed by atoms with van der Waals surface area (Å²) in [6, 6.07) is 13.9. The Morgan fingerprint density at radius 3 is 2.11 bits per heavy atom. The van der Waals surface area contributed by atoms with Crippen LogP contribution in [0.1, 0.15) is 61.6 Å². The maximum absolute atomic E-state index is 12.6. The fourth-order valence-corrected chi connectivity index (χ4v) is 2.75. The lowest BCUT2D eigenvalue weighted by molar-refractivity contribution is -0.137. The summed E-state index contributed by atoms with van der Waals surface area (Å²) in [5, 5.41) is 12.0. The number of amides is 1. The molecule has 144 valence electrons. The van der Waals surface area contributed by atoms with Crippen LogP contribution in [0.5, 0.6) is 5.75 Å². The Morgan fingerprint density at radius 2 is 1.63 bits per heavy atom. The van der Waals surface area contributed by atoms with Crippen molar-refractivity contribution in [2.75, 3.05) is 6.61 Å². The molecule has 5 nitrogen and oxygen atoms in total. The van der Waals surface area contributed by atoms with Crippen LogP contribution in [0, 0.1) is 0 Å². The normalized spacial score (nSPS) is 12.3. The van der Waals surface area contributed by atoms with Crippen LogP contribution in [0.2, 0.25) is 0 Å². The van der Waals surface area contributed by atoms with Crippen molar-refractivity contribution >= 4 is 11.9 Å². The molecule has 0 saturated carbocycles. The minimum atomic E-state index is -0.975. The average Bonchev–Trinajstić information content (AvgIpc) is 2.61. The Bertz CT molecular complexity index is 773. The summed E-state index contributed by atoms with van der Waals surface area (Å²) in [5.74, 6) is -0.563. The Balaban J connectivity index is 2.17. The zero-order valence-electron chi connectivity index (χ0n) is 16.3. The van der Waals surface area contributed by atoms with Crippen molar-refractivity contribution in [2.24, 2.45) is 0 Å². The third-order valence-electron chi connectivity index (χ3n) is 4.29. The Morgan fingerprint density at radius 1 is 1.04 bits per heavy atom. The molecule has 1 atom stereocenters. The minimum Gasteiger partial charge on any atom is -0.494 e. The molecule has 0 aliphatic carbocycles. The highest BCUT2D eigenvalue weighted by Gasteiger charge is 2.20. The second-order valence-corrected chi connectivity index (χ2v) is 7.45. The van der Waals surface area contributed by atoms with E-state index in [4.69, 9.17) is 4.74 Å². The molecule has 2 aromatic carbocycles. The SMILES string of the molecule is CCOc1ccc(C(CC(=O)O)NC(=O)c2ccc(C(C)(C)C)cc2)cc1. The summed E-state index contributed by atoms with van der Waals surface area (Å²) in [6.45, 7) is 8.77. The van der Waals surface area contributed by atoms with E-state index in [9.17, 15) is 14.7 Å². The summed E-state index contributed by atoms with van der Waals surface area (Å²) >= 11 is 0. The molecule has 0 aliphatic heterocycles. The van der Waals surface area contributed by atoms with Gasteiger partial charge in [0.15, 0.2) is 0 Å². The first-order valence-electron chi connectivity index (χ1n) is 9.06. The van der Waals surface area contributed by atoms with E-state index in [1.807, 2.05) is 19.1 Å². The van der Waals surface area contributed by atoms with Gasteiger partial charge in [-0.1, -0.05) is 45.0 Å². The van der Waals surface area contributed by atoms with Gasteiger partial charge in [0.05, 0.1) is 19.1 Å². The van der Waals surface area contributed by atoms with Crippen molar-refractivity contribution < 1.29 is 19.4 Å². The molecule has 0 saturated heterocycles. The third-order valence-corrected chi connectivity index (χ3v) is 4.29. The van der Waals surface area contributed by atoms with Gasteiger partial charge in [0.25, 0.3) is 5.91 Å². The van der Waals surface area contributed by atoms with Gasteiger partial charge in [0.1, 0.15) is 5.75 Å². The number of carboxylic acid groups (broad SMARTS) is 1. The van der Waals surface area contributed by atoms with Crippen molar-refractivity contribution in [3.05, 3.63) is 65.2 Å². The lowest BCUT2D eigenvalue weighted by Crippen LogP contribution is -2.30. The topological polar surface area (TPSA) is 75.6 Å². The average molecular weight is 369 g/mol. The monoisotopic (exact) mass is 369 g/mol. The molecule has 1 amide bonds. The smallest absolute Gasteiger partial charge is 0.305 e. The molecule has 27 heavy (non-hydrogen) atoms. The molecule has 0 fully saturated rings. The summed E-state index contributed by atoms with van der Waals surface area (Å²) < 4.78 is 5.41. The van der Waals surface area contributed by atoms with Gasteiger partial charge >= 0.3 is 5.97 Å². The highest BCUT2D eigenvalue weighted by molar-refractivity contribution is 5.94. The standard InChI is InChI=1S/C22H27NO4/c1-5-27-18-12-8-15(9-13-18)19(14-20(24)25)23-21(26)16-6-10-17(11-7-16)22(2,3)4/h6-13,19H,5,14H2,1-4H3,(H,23,26)(H,24,25). The molecule has 2 aromatic rings. The van der Waals surface area contributed by atoms with E-state index in [1.165, 1.54) is 0 Å². The van der Waals surface area contributed by atoms with E-state index in [2.05, 4.69) is 26.1 Å². The first-order valence-corrected chi connectivity index (χ1v) is 9.06. The zero-order valence-corrected chi connectivity index (χ0v) is 16.3. The maximum atomic E-state index is 12.6. The molecule has 2 N–H and O–H groups in total. The Hall–Kier alpha value is -2.82. The summed E-state index contributed by atoms with van der Waals surface area (Å²) in [5.41, 5.74) is 2.36. The van der Waals surface area contributed by atoms with Crippen LogP contribution in [0.25, 0.3) is 0 Å². The van der Waals surface area contributed by atoms with Crippen molar-refractivity contribution in [1.29, 1.82) is 0 Å². The summed E-state index contributed by atoms with van der Waals surface area (Å²) in [4.78, 5) is 23.9. The van der Waals surface area contributed by atoms with Crippen molar-refractivity contribution in [3.63, 3.8) is 0 Å². The van der Waals surface area contributed by atoms with Crippen molar-refractivity contribution in [2.45, 2.75) is 45.6 Å². The number of hydrogen-bond donors (Lipinski definition) is 2. The van der Waals surface area contributed by atoms with Crippen LogP contribution < -0.4 is 10.1 Å². The lowest BCUT2D eigenvalue weighted by atomic mass is 9.86. The predicted molar refractivity (Wildman–Crippen MR) is 105 cm³/mol. The molecule has 5 heteroatoms. The molecule has 0 aromatic heterocycles. The predicted octanol–water partition coefficient (Wildman–Crippen LogP) is 4.33. The molecule has 0 spiro atoms. The van der Waals surface area contributed by atoms with Gasteiger partial charge in [-0.2, -0.15) is 0 Å². The number of rotatable bonds is 7. The Labute approximate surface area is 160 Å². The van der Waals surface area contributed by atoms with E-state index in [0.717, 1.165) is 11.1 Å². The molecular weight excluding hydrogens is 342 g/mol. The van der Waals surface area contributed by atoms with Crippen molar-refractivity contribution in [3.8, 4) is 5.75 Å². The van der Waals surface area contributed by atoms with Gasteiger partial charge < -0.3 is 15.2 Å². The van der Waals surface area contributed by atoms with E-state index in [1.54, 1.807) is 36.4 Å². The molecular formula is C22H27NO4. The number of carbonyl (C=O) groups is 2. The highest BCUT2D eigenvalue weighted by Crippen LogP contribution is 2.24. The first-order chi connectivity index (χ1) is 12.7. The van der Waals surface area contributed by atoms with Gasteiger partial charge in [-0.3, -0.25) is 9.59 Å². The van der Waals surface area contributed by atoms with Crippen LogP contribution in [-0.4, -0.2) is 23.6 Å².